The van der Waals surface area contributed by atoms with E-state index in [1.807, 2.05) is 36.2 Å². The molecule has 0 saturated carbocycles. The molecule has 0 radical (unpaired) electrons. The van der Waals surface area contributed by atoms with Gasteiger partial charge < -0.3 is 5.32 Å². The van der Waals surface area contributed by atoms with Crippen LogP contribution in [0.2, 0.25) is 0 Å². The van der Waals surface area contributed by atoms with E-state index in [0.29, 0.717) is 12.0 Å². The Morgan fingerprint density at radius 3 is 2.76 bits per heavy atom. The smallest absolute Gasteiger partial charge is 0.157 e. The number of nitrogens with one attached hydrogen (secondary N) is 1. The SMILES string of the molecule is CC(NC1=N[C@@H](C(C)C)CS1)c1ccccn1. The van der Waals surface area contributed by atoms with Gasteiger partial charge in [-0.25, -0.2) is 0 Å². The van der Waals surface area contributed by atoms with Crippen molar-refractivity contribution in [3.63, 3.8) is 0 Å². The molecule has 2 rings (SSSR count). The van der Waals surface area contributed by atoms with E-state index in [2.05, 4.69) is 31.1 Å². The topological polar surface area (TPSA) is 37.3 Å². The molecule has 0 fully saturated rings. The molecule has 0 aromatic carbocycles. The highest BCUT2D eigenvalue weighted by atomic mass is 32.2. The molecule has 1 aliphatic heterocycles. The first-order valence-electron chi connectivity index (χ1n) is 6.05. The second-order valence-electron chi connectivity index (χ2n) is 4.68. The number of thioether (sulfide) groups is 1. The molecule has 0 saturated heterocycles. The predicted octanol–water partition coefficient (Wildman–Crippen LogP) is 2.86. The van der Waals surface area contributed by atoms with Crippen LogP contribution in [0, 0.1) is 5.92 Å². The van der Waals surface area contributed by atoms with Crippen LogP contribution in [-0.2, 0) is 0 Å². The standard InChI is InChI=1S/C13H19N3S/c1-9(2)12-8-17-13(16-12)15-10(3)11-6-4-5-7-14-11/h4-7,9-10,12H,8H2,1-3H3,(H,15,16)/t10?,12-/m1/s1. The van der Waals surface area contributed by atoms with Gasteiger partial charge in [0.15, 0.2) is 5.17 Å². The van der Waals surface area contributed by atoms with Crippen molar-refractivity contribution in [1.82, 2.24) is 10.3 Å². The van der Waals surface area contributed by atoms with Crippen molar-refractivity contribution in [3.05, 3.63) is 30.1 Å². The summed E-state index contributed by atoms with van der Waals surface area (Å²) >= 11 is 1.81. The Hall–Kier alpha value is -1.03. The van der Waals surface area contributed by atoms with Gasteiger partial charge in [0, 0.05) is 11.9 Å². The summed E-state index contributed by atoms with van der Waals surface area (Å²) in [6, 6.07) is 6.66. The summed E-state index contributed by atoms with van der Waals surface area (Å²) in [4.78, 5) is 9.04. The minimum absolute atomic E-state index is 0.216. The lowest BCUT2D eigenvalue weighted by Gasteiger charge is -2.13. The minimum atomic E-state index is 0.216. The molecule has 2 heterocycles. The Bertz CT molecular complexity index is 389. The number of aromatic nitrogens is 1. The third-order valence-corrected chi connectivity index (χ3v) is 3.92. The van der Waals surface area contributed by atoms with E-state index < -0.39 is 0 Å². The molecule has 1 N–H and O–H groups in total. The van der Waals surface area contributed by atoms with E-state index in [-0.39, 0.29) is 6.04 Å². The fourth-order valence-corrected chi connectivity index (χ4v) is 2.96. The summed E-state index contributed by atoms with van der Waals surface area (Å²) in [6.45, 7) is 6.56. The largest absolute Gasteiger partial charge is 0.357 e. The van der Waals surface area contributed by atoms with Crippen LogP contribution in [0.4, 0.5) is 0 Å². The van der Waals surface area contributed by atoms with Gasteiger partial charge in [0.25, 0.3) is 0 Å². The van der Waals surface area contributed by atoms with Crippen molar-refractivity contribution >= 4 is 16.9 Å². The molecular formula is C13H19N3S. The van der Waals surface area contributed by atoms with Crippen LogP contribution >= 0.6 is 11.8 Å². The van der Waals surface area contributed by atoms with Crippen LogP contribution in [0.1, 0.15) is 32.5 Å². The molecule has 0 spiro atoms. The van der Waals surface area contributed by atoms with Crippen LogP contribution in [-0.4, -0.2) is 21.9 Å². The number of amidine groups is 1. The van der Waals surface area contributed by atoms with Gasteiger partial charge in [-0.05, 0) is 25.0 Å². The lowest BCUT2D eigenvalue weighted by atomic mass is 10.1. The zero-order valence-electron chi connectivity index (χ0n) is 10.6. The lowest BCUT2D eigenvalue weighted by Crippen LogP contribution is -2.23. The van der Waals surface area contributed by atoms with Gasteiger partial charge in [-0.15, -0.1) is 0 Å². The van der Waals surface area contributed by atoms with Crippen molar-refractivity contribution in [2.45, 2.75) is 32.9 Å². The van der Waals surface area contributed by atoms with Crippen molar-refractivity contribution < 1.29 is 0 Å². The fourth-order valence-electron chi connectivity index (χ4n) is 1.70. The molecule has 1 aromatic rings. The summed E-state index contributed by atoms with van der Waals surface area (Å²) in [5.74, 6) is 1.71. The van der Waals surface area contributed by atoms with E-state index in [1.54, 1.807) is 0 Å². The number of hydrogen-bond acceptors (Lipinski definition) is 4. The molecule has 1 aromatic heterocycles. The van der Waals surface area contributed by atoms with E-state index in [4.69, 9.17) is 4.99 Å². The molecule has 4 heteroatoms. The van der Waals surface area contributed by atoms with Gasteiger partial charge in [-0.1, -0.05) is 31.7 Å². The first-order chi connectivity index (χ1) is 8.16. The van der Waals surface area contributed by atoms with Crippen LogP contribution in [0.3, 0.4) is 0 Å². The third-order valence-electron chi connectivity index (χ3n) is 2.91. The summed E-state index contributed by atoms with van der Waals surface area (Å²) in [7, 11) is 0. The van der Waals surface area contributed by atoms with Gasteiger partial charge >= 0.3 is 0 Å². The zero-order valence-corrected chi connectivity index (χ0v) is 11.4. The Labute approximate surface area is 107 Å². The number of rotatable bonds is 3. The zero-order chi connectivity index (χ0) is 12.3. The van der Waals surface area contributed by atoms with Crippen LogP contribution in [0.15, 0.2) is 29.4 Å². The maximum Gasteiger partial charge on any atom is 0.157 e. The quantitative estimate of drug-likeness (QED) is 0.895. The first-order valence-corrected chi connectivity index (χ1v) is 7.03. The molecule has 92 valence electrons. The van der Waals surface area contributed by atoms with E-state index in [9.17, 15) is 0 Å². The normalized spacial score (nSPS) is 21.4. The summed E-state index contributed by atoms with van der Waals surface area (Å²) < 4.78 is 0. The maximum atomic E-state index is 4.69. The lowest BCUT2D eigenvalue weighted by molar-refractivity contribution is 0.541. The molecule has 1 aliphatic rings. The summed E-state index contributed by atoms with van der Waals surface area (Å²) in [5.41, 5.74) is 1.06. The highest BCUT2D eigenvalue weighted by Gasteiger charge is 2.22. The number of aliphatic imine (C=N–C) groups is 1. The fraction of sp³-hybridized carbons (Fsp3) is 0.538. The average molecular weight is 249 g/mol. The van der Waals surface area contributed by atoms with Crippen molar-refractivity contribution in [3.8, 4) is 0 Å². The van der Waals surface area contributed by atoms with Crippen LogP contribution in [0.5, 0.6) is 0 Å². The molecule has 3 nitrogen and oxygen atoms in total. The average Bonchev–Trinajstić information content (AvgIpc) is 2.79. The molecule has 2 atom stereocenters. The first kappa shape index (κ1) is 12.4. The van der Waals surface area contributed by atoms with Crippen LogP contribution in [0.25, 0.3) is 0 Å². The van der Waals surface area contributed by atoms with E-state index in [0.717, 1.165) is 16.6 Å². The summed E-state index contributed by atoms with van der Waals surface area (Å²) in [5, 5.41) is 4.49. The highest BCUT2D eigenvalue weighted by Crippen LogP contribution is 2.23. The molecule has 17 heavy (non-hydrogen) atoms. The van der Waals surface area contributed by atoms with Gasteiger partial charge in [0.1, 0.15) is 0 Å². The minimum Gasteiger partial charge on any atom is -0.357 e. The van der Waals surface area contributed by atoms with Crippen molar-refractivity contribution in [2.24, 2.45) is 10.9 Å². The highest BCUT2D eigenvalue weighted by molar-refractivity contribution is 8.14. The Kier molecular flexibility index (Phi) is 4.05. The van der Waals surface area contributed by atoms with Gasteiger partial charge in [-0.2, -0.15) is 0 Å². The Balaban J connectivity index is 1.96. The molecule has 0 aliphatic carbocycles. The van der Waals surface area contributed by atoms with Gasteiger partial charge in [-0.3, -0.25) is 9.98 Å². The second-order valence-corrected chi connectivity index (χ2v) is 5.69. The predicted molar refractivity (Wildman–Crippen MR) is 74.3 cm³/mol. The molecule has 1 unspecified atom stereocenters. The molecular weight excluding hydrogens is 230 g/mol. The van der Waals surface area contributed by atoms with Crippen molar-refractivity contribution in [1.29, 1.82) is 0 Å². The molecule has 0 amide bonds. The third kappa shape index (κ3) is 3.22. The summed E-state index contributed by atoms with van der Waals surface area (Å²) in [6.07, 6.45) is 1.83. The Morgan fingerprint density at radius 2 is 2.18 bits per heavy atom. The van der Waals surface area contributed by atoms with Gasteiger partial charge in [0.2, 0.25) is 0 Å². The number of pyridine rings is 1. The monoisotopic (exact) mass is 249 g/mol. The number of hydrogen-bond donors (Lipinski definition) is 1. The second kappa shape index (κ2) is 5.54. The number of nitrogens with zero attached hydrogens (tertiary/aromatic N) is 2. The van der Waals surface area contributed by atoms with Crippen LogP contribution < -0.4 is 5.32 Å². The van der Waals surface area contributed by atoms with Gasteiger partial charge in [0.05, 0.1) is 17.8 Å². The molecule has 0 bridgehead atoms. The van der Waals surface area contributed by atoms with E-state index in [1.165, 1.54) is 0 Å². The van der Waals surface area contributed by atoms with Crippen molar-refractivity contribution in [2.75, 3.05) is 5.75 Å². The van der Waals surface area contributed by atoms with E-state index >= 15 is 0 Å². The Morgan fingerprint density at radius 1 is 1.35 bits per heavy atom. The maximum absolute atomic E-state index is 4.69.